The van der Waals surface area contributed by atoms with Crippen molar-refractivity contribution in [3.8, 4) is 0 Å². The Hall–Kier alpha value is -2.04. The van der Waals surface area contributed by atoms with Gasteiger partial charge in [-0.1, -0.05) is 19.1 Å². The van der Waals surface area contributed by atoms with Gasteiger partial charge in [0, 0.05) is 5.69 Å². The Bertz CT molecular complexity index is 430. The lowest BCUT2D eigenvalue weighted by Gasteiger charge is -2.06. The smallest absolute Gasteiger partial charge is 0.307 e. The van der Waals surface area contributed by atoms with E-state index in [-0.39, 0.29) is 12.4 Å². The Balaban J connectivity index is 2.50. The first-order chi connectivity index (χ1) is 8.65. The molecule has 0 radical (unpaired) electrons. The van der Waals surface area contributed by atoms with Gasteiger partial charge in [-0.2, -0.15) is 0 Å². The number of guanidine groups is 1. The van der Waals surface area contributed by atoms with Crippen LogP contribution in [-0.4, -0.2) is 25.6 Å². The van der Waals surface area contributed by atoms with E-state index in [0.717, 1.165) is 12.1 Å². The second-order valence-electron chi connectivity index (χ2n) is 3.77. The number of benzene rings is 1. The topological polar surface area (TPSA) is 76.7 Å². The highest BCUT2D eigenvalue weighted by atomic mass is 16.5. The number of rotatable bonds is 5. The van der Waals surface area contributed by atoms with Crippen LogP contribution in [0.2, 0.25) is 0 Å². The predicted octanol–water partition coefficient (Wildman–Crippen LogP) is 1.54. The third-order valence-electron chi connectivity index (χ3n) is 2.43. The predicted molar refractivity (Wildman–Crippen MR) is 72.6 cm³/mol. The van der Waals surface area contributed by atoms with E-state index in [1.807, 2.05) is 18.2 Å². The summed E-state index contributed by atoms with van der Waals surface area (Å²) in [4.78, 5) is 14.9. The molecule has 0 spiro atoms. The highest BCUT2D eigenvalue weighted by molar-refractivity contribution is 5.92. The lowest BCUT2D eigenvalue weighted by Crippen LogP contribution is -2.23. The number of hydrogen-bond donors (Lipinski definition) is 2. The Morgan fingerprint density at radius 1 is 1.50 bits per heavy atom. The molecular weight excluding hydrogens is 230 g/mol. The first-order valence-corrected chi connectivity index (χ1v) is 5.88. The molecule has 1 aromatic rings. The van der Waals surface area contributed by atoms with Crippen LogP contribution >= 0.6 is 0 Å². The second-order valence-corrected chi connectivity index (χ2v) is 3.77. The van der Waals surface area contributed by atoms with E-state index >= 15 is 0 Å². The molecule has 1 rings (SSSR count). The lowest BCUT2D eigenvalue weighted by molar-refractivity contribution is -0.140. The van der Waals surface area contributed by atoms with Crippen LogP contribution < -0.4 is 11.1 Å². The molecule has 5 nitrogen and oxygen atoms in total. The molecule has 0 aliphatic heterocycles. The number of hydrogen-bond acceptors (Lipinski definition) is 3. The van der Waals surface area contributed by atoms with E-state index in [0.29, 0.717) is 12.5 Å². The van der Waals surface area contributed by atoms with Crippen molar-refractivity contribution in [2.75, 3.05) is 19.0 Å². The van der Waals surface area contributed by atoms with Gasteiger partial charge in [0.25, 0.3) is 0 Å². The summed E-state index contributed by atoms with van der Waals surface area (Å²) < 4.78 is 4.51. The molecule has 98 valence electrons. The third kappa shape index (κ3) is 4.86. The zero-order chi connectivity index (χ0) is 13.4. The van der Waals surface area contributed by atoms with E-state index < -0.39 is 0 Å². The first kappa shape index (κ1) is 14.0. The van der Waals surface area contributed by atoms with Gasteiger partial charge >= 0.3 is 5.97 Å². The van der Waals surface area contributed by atoms with E-state index in [2.05, 4.69) is 28.0 Å². The van der Waals surface area contributed by atoms with Crippen LogP contribution in [0.25, 0.3) is 0 Å². The van der Waals surface area contributed by atoms with Crippen molar-refractivity contribution >= 4 is 17.6 Å². The summed E-state index contributed by atoms with van der Waals surface area (Å²) in [6.45, 7) is 2.41. The molecule has 0 aromatic heterocycles. The molecule has 0 aliphatic carbocycles. The Kier molecular flexibility index (Phi) is 5.70. The van der Waals surface area contributed by atoms with Gasteiger partial charge < -0.3 is 15.8 Å². The Morgan fingerprint density at radius 2 is 2.28 bits per heavy atom. The van der Waals surface area contributed by atoms with Gasteiger partial charge in [-0.3, -0.25) is 9.79 Å². The molecule has 0 fully saturated rings. The van der Waals surface area contributed by atoms with E-state index in [9.17, 15) is 4.79 Å². The minimum absolute atomic E-state index is 0.230. The van der Waals surface area contributed by atoms with Crippen LogP contribution in [0.3, 0.4) is 0 Å². The highest BCUT2D eigenvalue weighted by Gasteiger charge is 1.99. The van der Waals surface area contributed by atoms with Gasteiger partial charge in [-0.15, -0.1) is 0 Å². The van der Waals surface area contributed by atoms with Crippen molar-refractivity contribution in [3.05, 3.63) is 29.8 Å². The van der Waals surface area contributed by atoms with Crippen LogP contribution in [0.4, 0.5) is 5.69 Å². The second kappa shape index (κ2) is 7.32. The molecule has 0 amide bonds. The number of methoxy groups -OCH3 is 1. The molecule has 0 atom stereocenters. The van der Waals surface area contributed by atoms with E-state index in [4.69, 9.17) is 5.73 Å². The first-order valence-electron chi connectivity index (χ1n) is 5.88. The molecule has 0 bridgehead atoms. The minimum Gasteiger partial charge on any atom is -0.469 e. The average molecular weight is 249 g/mol. The molecule has 0 heterocycles. The number of anilines is 1. The molecule has 5 heteroatoms. The quantitative estimate of drug-likeness (QED) is 0.471. The molecule has 0 unspecified atom stereocenters. The molecule has 0 saturated heterocycles. The van der Waals surface area contributed by atoms with Gasteiger partial charge in [0.1, 0.15) is 0 Å². The number of nitrogens with zero attached hydrogens (tertiary/aromatic N) is 1. The molecule has 3 N–H and O–H groups in total. The Morgan fingerprint density at radius 3 is 2.94 bits per heavy atom. The van der Waals surface area contributed by atoms with Crippen molar-refractivity contribution in [1.82, 2.24) is 0 Å². The normalized spacial score (nSPS) is 11.1. The maximum atomic E-state index is 10.9. The Labute approximate surface area is 107 Å². The zero-order valence-corrected chi connectivity index (χ0v) is 10.8. The summed E-state index contributed by atoms with van der Waals surface area (Å²) >= 11 is 0. The van der Waals surface area contributed by atoms with Crippen LogP contribution in [0.1, 0.15) is 18.9 Å². The summed E-state index contributed by atoms with van der Waals surface area (Å²) in [7, 11) is 1.35. The third-order valence-corrected chi connectivity index (χ3v) is 2.43. The monoisotopic (exact) mass is 249 g/mol. The molecular formula is C13H19N3O2. The molecule has 0 saturated carbocycles. The number of aryl methyl sites for hydroxylation is 1. The summed E-state index contributed by atoms with van der Waals surface area (Å²) in [6, 6.07) is 7.95. The van der Waals surface area contributed by atoms with Crippen LogP contribution in [0.15, 0.2) is 29.3 Å². The maximum absolute atomic E-state index is 10.9. The number of ether oxygens (including phenoxy) is 1. The van der Waals surface area contributed by atoms with Gasteiger partial charge in [0.05, 0.1) is 20.1 Å². The number of esters is 1. The summed E-state index contributed by atoms with van der Waals surface area (Å²) in [6.07, 6.45) is 1.20. The fraction of sp³-hybridized carbons (Fsp3) is 0.385. The van der Waals surface area contributed by atoms with E-state index in [1.54, 1.807) is 0 Å². The van der Waals surface area contributed by atoms with Crippen molar-refractivity contribution in [1.29, 1.82) is 0 Å². The zero-order valence-electron chi connectivity index (χ0n) is 10.8. The number of nitrogens with two attached hydrogens (primary N) is 1. The largest absolute Gasteiger partial charge is 0.469 e. The lowest BCUT2D eigenvalue weighted by atomic mass is 10.1. The van der Waals surface area contributed by atoms with Crippen LogP contribution in [0, 0.1) is 0 Å². The number of carbonyl (C=O) groups excluding carboxylic acids is 1. The summed E-state index contributed by atoms with van der Waals surface area (Å²) in [5.74, 6) is 0.00619. The molecule has 1 aromatic carbocycles. The van der Waals surface area contributed by atoms with E-state index in [1.165, 1.54) is 12.7 Å². The van der Waals surface area contributed by atoms with Crippen molar-refractivity contribution in [2.45, 2.75) is 19.8 Å². The standard InChI is InChI=1S/C13H19N3O2/c1-3-10-5-4-6-11(9-10)16-13(14)15-8-7-12(17)18-2/h4-6,9H,3,7-8H2,1-2H3,(H3,14,15,16). The number of nitrogens with one attached hydrogen (secondary N) is 1. The average Bonchev–Trinajstić information content (AvgIpc) is 2.38. The fourth-order valence-electron chi connectivity index (χ4n) is 1.43. The van der Waals surface area contributed by atoms with Gasteiger partial charge in [0.15, 0.2) is 5.96 Å². The molecule has 0 aliphatic rings. The number of aliphatic imine (C=N–C) groups is 1. The summed E-state index contributed by atoms with van der Waals surface area (Å²) in [5, 5.41) is 2.98. The van der Waals surface area contributed by atoms with Crippen molar-refractivity contribution in [2.24, 2.45) is 10.7 Å². The van der Waals surface area contributed by atoms with Crippen molar-refractivity contribution < 1.29 is 9.53 Å². The maximum Gasteiger partial charge on any atom is 0.307 e. The fourth-order valence-corrected chi connectivity index (χ4v) is 1.43. The molecule has 18 heavy (non-hydrogen) atoms. The van der Waals surface area contributed by atoms with Crippen molar-refractivity contribution in [3.63, 3.8) is 0 Å². The number of carbonyl (C=O) groups is 1. The SMILES string of the molecule is CCc1cccc(NC(N)=NCCC(=O)OC)c1. The van der Waals surface area contributed by atoms with Crippen LogP contribution in [-0.2, 0) is 16.0 Å². The van der Waals surface area contributed by atoms with Gasteiger partial charge in [0.2, 0.25) is 0 Å². The van der Waals surface area contributed by atoms with Crippen LogP contribution in [0.5, 0.6) is 0 Å². The summed E-state index contributed by atoms with van der Waals surface area (Å²) in [5.41, 5.74) is 7.83. The highest BCUT2D eigenvalue weighted by Crippen LogP contribution is 2.10. The van der Waals surface area contributed by atoms with Gasteiger partial charge in [-0.05, 0) is 24.1 Å². The minimum atomic E-state index is -0.292. The van der Waals surface area contributed by atoms with Gasteiger partial charge in [-0.25, -0.2) is 0 Å².